The Balaban J connectivity index is 1.29. The van der Waals surface area contributed by atoms with Crippen LogP contribution in [0.25, 0.3) is 11.0 Å². The molecule has 0 bridgehead atoms. The maximum absolute atomic E-state index is 13.3. The van der Waals surface area contributed by atoms with Crippen LogP contribution in [0.4, 0.5) is 21.7 Å². The first kappa shape index (κ1) is 24.4. The summed E-state index contributed by atoms with van der Waals surface area (Å²) >= 11 is 6.42. The fourth-order valence-electron chi connectivity index (χ4n) is 4.04. The Morgan fingerprint density at radius 3 is 2.92 bits per heavy atom. The second-order valence-corrected chi connectivity index (χ2v) is 8.82. The fourth-order valence-corrected chi connectivity index (χ4v) is 4.28. The maximum Gasteiger partial charge on any atom is 0.246 e. The summed E-state index contributed by atoms with van der Waals surface area (Å²) in [5.74, 6) is 0.976. The van der Waals surface area contributed by atoms with Gasteiger partial charge in [0, 0.05) is 24.8 Å². The highest BCUT2D eigenvalue weighted by Crippen LogP contribution is 2.31. The molecule has 4 aromatic rings. The van der Waals surface area contributed by atoms with Crippen molar-refractivity contribution in [2.24, 2.45) is 0 Å². The Morgan fingerprint density at radius 1 is 1.22 bits per heavy atom. The SMILES string of the molecule is C=CC(=O)N1CCC(Nc2ccc3ncnc(Nc4ccc(OCc5cccc(F)n5)c(Cl)c4)c3n2)C1. The van der Waals surface area contributed by atoms with Crippen LogP contribution in [0, 0.1) is 5.95 Å². The smallest absolute Gasteiger partial charge is 0.246 e. The molecule has 2 N–H and O–H groups in total. The van der Waals surface area contributed by atoms with Crippen LogP contribution in [-0.4, -0.2) is 49.9 Å². The number of halogens is 2. The van der Waals surface area contributed by atoms with Gasteiger partial charge in [-0.15, -0.1) is 0 Å². The van der Waals surface area contributed by atoms with Gasteiger partial charge in [-0.1, -0.05) is 24.2 Å². The average molecular weight is 520 g/mol. The van der Waals surface area contributed by atoms with Gasteiger partial charge in [-0.05, 0) is 55.0 Å². The van der Waals surface area contributed by atoms with Crippen LogP contribution >= 0.6 is 11.6 Å². The van der Waals surface area contributed by atoms with Crippen LogP contribution in [0.1, 0.15) is 12.1 Å². The van der Waals surface area contributed by atoms with Gasteiger partial charge < -0.3 is 20.3 Å². The molecule has 1 aliphatic rings. The molecule has 1 aromatic carbocycles. The summed E-state index contributed by atoms with van der Waals surface area (Å²) in [6.45, 7) is 4.89. The van der Waals surface area contributed by atoms with E-state index in [0.29, 0.717) is 57.9 Å². The zero-order valence-corrected chi connectivity index (χ0v) is 20.5. The molecular formula is C26H23ClFN7O2. The molecule has 11 heteroatoms. The van der Waals surface area contributed by atoms with Gasteiger partial charge in [0.1, 0.15) is 30.0 Å². The summed E-state index contributed by atoms with van der Waals surface area (Å²) in [6, 6.07) is 13.5. The van der Waals surface area contributed by atoms with Gasteiger partial charge in [0.15, 0.2) is 5.82 Å². The highest BCUT2D eigenvalue weighted by Gasteiger charge is 2.25. The Hall–Kier alpha value is -4.31. The van der Waals surface area contributed by atoms with Crippen LogP contribution < -0.4 is 15.4 Å². The van der Waals surface area contributed by atoms with Gasteiger partial charge >= 0.3 is 0 Å². The van der Waals surface area contributed by atoms with Crippen molar-refractivity contribution in [3.8, 4) is 5.75 Å². The van der Waals surface area contributed by atoms with E-state index >= 15 is 0 Å². The molecule has 0 aliphatic carbocycles. The van der Waals surface area contributed by atoms with Crippen molar-refractivity contribution in [1.82, 2.24) is 24.8 Å². The van der Waals surface area contributed by atoms with Crippen molar-refractivity contribution in [2.75, 3.05) is 23.7 Å². The molecule has 1 atom stereocenters. The molecule has 1 saturated heterocycles. The molecule has 4 heterocycles. The van der Waals surface area contributed by atoms with E-state index in [1.165, 1.54) is 18.5 Å². The van der Waals surface area contributed by atoms with Gasteiger partial charge in [-0.2, -0.15) is 4.39 Å². The largest absolute Gasteiger partial charge is 0.486 e. The first-order valence-corrected chi connectivity index (χ1v) is 12.0. The summed E-state index contributed by atoms with van der Waals surface area (Å²) in [4.78, 5) is 30.8. The van der Waals surface area contributed by atoms with E-state index in [4.69, 9.17) is 21.3 Å². The Bertz CT molecular complexity index is 1470. The number of rotatable bonds is 8. The minimum Gasteiger partial charge on any atom is -0.486 e. The number of hydrogen-bond acceptors (Lipinski definition) is 8. The summed E-state index contributed by atoms with van der Waals surface area (Å²) in [5, 5.41) is 7.00. The van der Waals surface area contributed by atoms with E-state index in [0.717, 1.165) is 6.42 Å². The quantitative estimate of drug-likeness (QED) is 0.254. The van der Waals surface area contributed by atoms with Crippen LogP contribution in [-0.2, 0) is 11.4 Å². The van der Waals surface area contributed by atoms with E-state index in [9.17, 15) is 9.18 Å². The second-order valence-electron chi connectivity index (χ2n) is 8.42. The highest BCUT2D eigenvalue weighted by atomic mass is 35.5. The maximum atomic E-state index is 13.3. The monoisotopic (exact) mass is 519 g/mol. The highest BCUT2D eigenvalue weighted by molar-refractivity contribution is 6.32. The van der Waals surface area contributed by atoms with Gasteiger partial charge in [0.2, 0.25) is 11.9 Å². The van der Waals surface area contributed by atoms with E-state index in [1.54, 1.807) is 35.2 Å². The zero-order chi connectivity index (χ0) is 25.8. The molecule has 0 radical (unpaired) electrons. The van der Waals surface area contributed by atoms with Crippen LogP contribution in [0.5, 0.6) is 5.75 Å². The number of likely N-dealkylation sites (tertiary alicyclic amines) is 1. The van der Waals surface area contributed by atoms with Crippen molar-refractivity contribution in [2.45, 2.75) is 19.1 Å². The number of ether oxygens (including phenoxy) is 1. The van der Waals surface area contributed by atoms with Gasteiger partial charge in [0.25, 0.3) is 0 Å². The van der Waals surface area contributed by atoms with Crippen molar-refractivity contribution < 1.29 is 13.9 Å². The number of hydrogen-bond donors (Lipinski definition) is 2. The number of fused-ring (bicyclic) bond motifs is 1. The van der Waals surface area contributed by atoms with Gasteiger partial charge in [0.05, 0.1) is 16.2 Å². The summed E-state index contributed by atoms with van der Waals surface area (Å²) in [6.07, 6.45) is 3.61. The van der Waals surface area contributed by atoms with E-state index in [2.05, 4.69) is 32.2 Å². The molecule has 9 nitrogen and oxygen atoms in total. The van der Waals surface area contributed by atoms with Crippen molar-refractivity contribution in [3.05, 3.63) is 84.2 Å². The third-order valence-electron chi connectivity index (χ3n) is 5.85. The lowest BCUT2D eigenvalue weighted by Crippen LogP contribution is -2.30. The Morgan fingerprint density at radius 2 is 2.11 bits per heavy atom. The van der Waals surface area contributed by atoms with E-state index < -0.39 is 5.95 Å². The Labute approximate surface area is 217 Å². The minimum absolute atomic E-state index is 0.0728. The third-order valence-corrected chi connectivity index (χ3v) is 6.15. The van der Waals surface area contributed by atoms with Crippen molar-refractivity contribution >= 4 is 45.9 Å². The van der Waals surface area contributed by atoms with Crippen molar-refractivity contribution in [1.29, 1.82) is 0 Å². The number of aromatic nitrogens is 4. The van der Waals surface area contributed by atoms with E-state index in [-0.39, 0.29) is 18.6 Å². The number of pyridine rings is 2. The fraction of sp³-hybridized carbons (Fsp3) is 0.192. The molecule has 0 spiro atoms. The average Bonchev–Trinajstić information content (AvgIpc) is 3.36. The molecule has 5 rings (SSSR count). The standard InChI is InChI=1S/C26H23ClFN7O2/c1-2-24(36)35-11-10-17(13-35)32-23-9-7-20-25(34-23)26(30-15-29-20)33-16-6-8-21(19(27)12-16)37-14-18-4-3-5-22(28)31-18/h2-9,12,15,17H,1,10-11,13-14H2,(H,32,34)(H,29,30,33). The molecule has 0 saturated carbocycles. The normalized spacial score (nSPS) is 15.0. The number of nitrogens with one attached hydrogen (secondary N) is 2. The topological polar surface area (TPSA) is 105 Å². The number of nitrogens with zero attached hydrogens (tertiary/aromatic N) is 5. The van der Waals surface area contributed by atoms with Crippen LogP contribution in [0.3, 0.4) is 0 Å². The molecule has 188 valence electrons. The first-order chi connectivity index (χ1) is 18.0. The molecule has 1 amide bonds. The summed E-state index contributed by atoms with van der Waals surface area (Å²) in [5.41, 5.74) is 2.39. The summed E-state index contributed by atoms with van der Waals surface area (Å²) in [7, 11) is 0. The lowest BCUT2D eigenvalue weighted by Gasteiger charge is -2.16. The van der Waals surface area contributed by atoms with Gasteiger partial charge in [-0.3, -0.25) is 4.79 Å². The number of carbonyl (C=O) groups is 1. The molecule has 1 aliphatic heterocycles. The lowest BCUT2D eigenvalue weighted by atomic mass is 10.2. The van der Waals surface area contributed by atoms with Crippen molar-refractivity contribution in [3.63, 3.8) is 0 Å². The number of carbonyl (C=O) groups excluding carboxylic acids is 1. The summed E-state index contributed by atoms with van der Waals surface area (Å²) < 4.78 is 19.0. The van der Waals surface area contributed by atoms with E-state index in [1.807, 2.05) is 12.1 Å². The Kier molecular flexibility index (Phi) is 7.09. The first-order valence-electron chi connectivity index (χ1n) is 11.6. The third kappa shape index (κ3) is 5.75. The lowest BCUT2D eigenvalue weighted by molar-refractivity contribution is -0.125. The molecule has 37 heavy (non-hydrogen) atoms. The second kappa shape index (κ2) is 10.8. The van der Waals surface area contributed by atoms with Crippen LogP contribution in [0.15, 0.2) is 67.5 Å². The molecule has 1 unspecified atom stereocenters. The number of amides is 1. The number of anilines is 3. The van der Waals surface area contributed by atoms with Gasteiger partial charge in [-0.25, -0.2) is 19.9 Å². The molecule has 3 aromatic heterocycles. The minimum atomic E-state index is -0.566. The predicted molar refractivity (Wildman–Crippen MR) is 139 cm³/mol. The molecular weight excluding hydrogens is 497 g/mol. The number of benzene rings is 1. The zero-order valence-electron chi connectivity index (χ0n) is 19.7. The predicted octanol–water partition coefficient (Wildman–Crippen LogP) is 4.73. The molecule has 1 fully saturated rings. The van der Waals surface area contributed by atoms with Crippen LogP contribution in [0.2, 0.25) is 5.02 Å².